The van der Waals surface area contributed by atoms with Gasteiger partial charge in [0.2, 0.25) is 0 Å². The highest BCUT2D eigenvalue weighted by molar-refractivity contribution is 5.66. The Hall–Kier alpha value is -1.63. The molecule has 0 radical (unpaired) electrons. The van der Waals surface area contributed by atoms with Crippen molar-refractivity contribution in [1.82, 2.24) is 4.98 Å². The van der Waals surface area contributed by atoms with Crippen LogP contribution in [0.2, 0.25) is 0 Å². The van der Waals surface area contributed by atoms with Gasteiger partial charge in [0.15, 0.2) is 0 Å². The predicted octanol–water partition coefficient (Wildman–Crippen LogP) is 5.10. The van der Waals surface area contributed by atoms with Gasteiger partial charge >= 0.3 is 0 Å². The minimum absolute atomic E-state index is 0.416. The van der Waals surface area contributed by atoms with Crippen LogP contribution in [-0.4, -0.2) is 4.98 Å². The molecule has 1 nitrogen and oxygen atoms in total. The maximum absolute atomic E-state index is 7.88. The van der Waals surface area contributed by atoms with Crippen molar-refractivity contribution in [2.75, 3.05) is 0 Å². The van der Waals surface area contributed by atoms with E-state index < -0.39 is 6.85 Å². The summed E-state index contributed by atoms with van der Waals surface area (Å²) in [7, 11) is 0. The van der Waals surface area contributed by atoms with E-state index in [4.69, 9.17) is 4.11 Å². The first-order valence-electron chi connectivity index (χ1n) is 8.61. The highest BCUT2D eigenvalue weighted by Crippen LogP contribution is 2.33. The van der Waals surface area contributed by atoms with Crippen molar-refractivity contribution in [3.8, 4) is 11.1 Å². The van der Waals surface area contributed by atoms with Crippen LogP contribution in [0.3, 0.4) is 0 Å². The van der Waals surface area contributed by atoms with Gasteiger partial charge in [0.1, 0.15) is 0 Å². The van der Waals surface area contributed by atoms with Gasteiger partial charge in [0, 0.05) is 27.5 Å². The lowest BCUT2D eigenvalue weighted by Crippen LogP contribution is -2.07. The molecule has 19 heavy (non-hydrogen) atoms. The fourth-order valence-corrected chi connectivity index (χ4v) is 2.94. The molecule has 2 aromatic rings. The van der Waals surface area contributed by atoms with E-state index in [1.165, 1.54) is 19.3 Å². The Balaban J connectivity index is 2.04. The van der Waals surface area contributed by atoms with Crippen molar-refractivity contribution in [3.05, 3.63) is 53.9 Å². The molecule has 1 aliphatic rings. The van der Waals surface area contributed by atoms with Crippen LogP contribution in [0.4, 0.5) is 0 Å². The number of benzene rings is 1. The lowest BCUT2D eigenvalue weighted by atomic mass is 9.86. The lowest BCUT2D eigenvalue weighted by molar-refractivity contribution is 0.436. The molecule has 0 spiro atoms. The second-order valence-electron chi connectivity index (χ2n) is 5.36. The third-order valence-corrected chi connectivity index (χ3v) is 4.03. The Morgan fingerprint density at radius 2 is 1.89 bits per heavy atom. The third kappa shape index (κ3) is 2.70. The van der Waals surface area contributed by atoms with Crippen molar-refractivity contribution in [2.24, 2.45) is 0 Å². The zero-order valence-corrected chi connectivity index (χ0v) is 11.1. The molecule has 1 fully saturated rings. The van der Waals surface area contributed by atoms with E-state index in [2.05, 4.69) is 4.98 Å². The molecule has 1 saturated carbocycles. The second-order valence-corrected chi connectivity index (χ2v) is 5.36. The van der Waals surface area contributed by atoms with E-state index in [1.807, 2.05) is 36.4 Å². The molecule has 1 heteroatoms. The molecule has 0 bridgehead atoms. The molecule has 1 heterocycles. The van der Waals surface area contributed by atoms with Crippen LogP contribution in [-0.2, 0) is 0 Å². The van der Waals surface area contributed by atoms with Crippen molar-refractivity contribution in [3.63, 3.8) is 0 Å². The van der Waals surface area contributed by atoms with E-state index in [0.29, 0.717) is 11.5 Å². The van der Waals surface area contributed by atoms with E-state index in [1.54, 1.807) is 6.20 Å². The van der Waals surface area contributed by atoms with E-state index >= 15 is 0 Å². The first kappa shape index (κ1) is 9.30. The first-order chi connectivity index (χ1) is 10.6. The zero-order chi connectivity index (χ0) is 15.6. The molecule has 0 atom stereocenters. The van der Waals surface area contributed by atoms with Gasteiger partial charge in [0.25, 0.3) is 0 Å². The van der Waals surface area contributed by atoms with Gasteiger partial charge in [-0.25, -0.2) is 0 Å². The number of hydrogen-bond donors (Lipinski definition) is 0. The Morgan fingerprint density at radius 3 is 2.63 bits per heavy atom. The van der Waals surface area contributed by atoms with Gasteiger partial charge < -0.3 is 0 Å². The van der Waals surface area contributed by atoms with Crippen LogP contribution in [0.1, 0.15) is 53.4 Å². The summed E-state index contributed by atoms with van der Waals surface area (Å²) in [5.74, 6) is 0.416. The van der Waals surface area contributed by atoms with Crippen LogP contribution in [0.25, 0.3) is 11.1 Å². The van der Waals surface area contributed by atoms with Gasteiger partial charge in [-0.3, -0.25) is 4.98 Å². The molecule has 98 valence electrons. The summed E-state index contributed by atoms with van der Waals surface area (Å²) in [6, 6.07) is 11.5. The van der Waals surface area contributed by atoms with Gasteiger partial charge in [-0.15, -0.1) is 0 Å². The van der Waals surface area contributed by atoms with Gasteiger partial charge in [0.05, 0.1) is 0 Å². The number of nitrogens with zero attached hydrogens (tertiary/aromatic N) is 1. The summed E-state index contributed by atoms with van der Waals surface area (Å²) in [6.07, 6.45) is 7.72. The topological polar surface area (TPSA) is 12.9 Å². The second kappa shape index (κ2) is 5.56. The standard InChI is InChI=1S/C18H21N/c1-14-12-18(16-10-6-3-7-11-16)19-13-17(14)15-8-4-2-5-9-15/h2,4-5,8-9,12-13,16H,3,6-7,10-11H2,1H3/i1D3. The van der Waals surface area contributed by atoms with Gasteiger partial charge in [-0.2, -0.15) is 0 Å². The fourth-order valence-electron chi connectivity index (χ4n) is 2.94. The third-order valence-electron chi connectivity index (χ3n) is 4.03. The number of aryl methyl sites for hydroxylation is 1. The smallest absolute Gasteiger partial charge is 0.0437 e. The molecule has 0 aliphatic heterocycles. The van der Waals surface area contributed by atoms with Crippen molar-refractivity contribution in [2.45, 2.75) is 44.9 Å². The summed E-state index contributed by atoms with van der Waals surface area (Å²) >= 11 is 0. The van der Waals surface area contributed by atoms with E-state index in [-0.39, 0.29) is 0 Å². The van der Waals surface area contributed by atoms with Crippen LogP contribution >= 0.6 is 0 Å². The normalized spacial score (nSPS) is 19.5. The van der Waals surface area contributed by atoms with Gasteiger partial charge in [-0.05, 0) is 36.9 Å². The predicted molar refractivity (Wildman–Crippen MR) is 80.2 cm³/mol. The summed E-state index contributed by atoms with van der Waals surface area (Å²) in [6.45, 7) is -2.11. The minimum Gasteiger partial charge on any atom is -0.260 e. The van der Waals surface area contributed by atoms with Crippen molar-refractivity contribution in [1.29, 1.82) is 0 Å². The highest BCUT2D eigenvalue weighted by atomic mass is 14.7. The lowest BCUT2D eigenvalue weighted by Gasteiger charge is -2.21. The summed E-state index contributed by atoms with van der Waals surface area (Å²) in [5, 5.41) is 0. The Morgan fingerprint density at radius 1 is 1.11 bits per heavy atom. The number of hydrogen-bond acceptors (Lipinski definition) is 1. The summed E-state index contributed by atoms with van der Waals surface area (Å²) in [5.41, 5.74) is 3.01. The average molecular weight is 254 g/mol. The van der Waals surface area contributed by atoms with Crippen LogP contribution in [0.15, 0.2) is 42.6 Å². The Bertz CT molecular complexity index is 629. The molecule has 0 saturated heterocycles. The molecular formula is C18H21N. The minimum atomic E-state index is -2.11. The Labute approximate surface area is 119 Å². The largest absolute Gasteiger partial charge is 0.260 e. The zero-order valence-electron chi connectivity index (χ0n) is 14.1. The van der Waals surface area contributed by atoms with Crippen molar-refractivity contribution >= 4 is 0 Å². The summed E-state index contributed by atoms with van der Waals surface area (Å²) in [4.78, 5) is 4.60. The first-order valence-corrected chi connectivity index (χ1v) is 7.11. The molecule has 0 N–H and O–H groups in total. The molecule has 1 aromatic heterocycles. The van der Waals surface area contributed by atoms with Crippen LogP contribution in [0, 0.1) is 6.85 Å². The van der Waals surface area contributed by atoms with Crippen LogP contribution < -0.4 is 0 Å². The molecule has 1 aliphatic carbocycles. The SMILES string of the molecule is [2H]C([2H])([2H])c1cc(C2CCCCC2)ncc1-c1ccccc1. The number of rotatable bonds is 2. The van der Waals surface area contributed by atoms with E-state index in [9.17, 15) is 0 Å². The number of pyridine rings is 1. The molecule has 0 unspecified atom stereocenters. The van der Waals surface area contributed by atoms with Crippen molar-refractivity contribution < 1.29 is 4.11 Å². The molecule has 3 rings (SSSR count). The molecular weight excluding hydrogens is 230 g/mol. The molecule has 0 amide bonds. The maximum Gasteiger partial charge on any atom is 0.0437 e. The monoisotopic (exact) mass is 254 g/mol. The summed E-state index contributed by atoms with van der Waals surface area (Å²) < 4.78 is 23.6. The fraction of sp³-hybridized carbons (Fsp3) is 0.389. The average Bonchev–Trinajstić information content (AvgIpc) is 2.55. The number of aromatic nitrogens is 1. The quantitative estimate of drug-likeness (QED) is 0.726. The van der Waals surface area contributed by atoms with Crippen LogP contribution in [0.5, 0.6) is 0 Å². The molecule has 1 aromatic carbocycles. The van der Waals surface area contributed by atoms with Gasteiger partial charge in [-0.1, -0.05) is 49.6 Å². The maximum atomic E-state index is 7.88. The Kier molecular flexibility index (Phi) is 2.72. The van der Waals surface area contributed by atoms with E-state index in [0.717, 1.165) is 29.7 Å². The highest BCUT2D eigenvalue weighted by Gasteiger charge is 2.17.